The van der Waals surface area contributed by atoms with Crippen molar-refractivity contribution in [2.24, 2.45) is 14.1 Å². The second-order valence-electron chi connectivity index (χ2n) is 5.76. The largest absolute Gasteiger partial charge is 0.454 e. The van der Waals surface area contributed by atoms with Gasteiger partial charge in [-0.25, -0.2) is 18.0 Å². The van der Waals surface area contributed by atoms with Crippen molar-refractivity contribution >= 4 is 27.4 Å². The molecule has 0 atom stereocenters. The first-order chi connectivity index (χ1) is 12.4. The fourth-order valence-corrected chi connectivity index (χ4v) is 2.88. The molecule has 0 aliphatic heterocycles. The minimum atomic E-state index is -3.41. The minimum absolute atomic E-state index is 0.0246. The van der Waals surface area contributed by atoms with Crippen molar-refractivity contribution < 1.29 is 22.7 Å². The summed E-state index contributed by atoms with van der Waals surface area (Å²) >= 11 is 0. The number of benzene rings is 1. The van der Waals surface area contributed by atoms with E-state index in [0.29, 0.717) is 0 Å². The molecule has 2 aromatic rings. The van der Waals surface area contributed by atoms with Crippen molar-refractivity contribution in [2.75, 3.05) is 18.6 Å². The van der Waals surface area contributed by atoms with Gasteiger partial charge in [-0.15, -0.1) is 0 Å². The van der Waals surface area contributed by atoms with E-state index in [0.717, 1.165) is 15.4 Å². The van der Waals surface area contributed by atoms with Crippen LogP contribution >= 0.6 is 0 Å². The van der Waals surface area contributed by atoms with E-state index in [9.17, 15) is 27.6 Å². The molecule has 0 unspecified atom stereocenters. The van der Waals surface area contributed by atoms with Crippen LogP contribution in [0.3, 0.4) is 0 Å². The van der Waals surface area contributed by atoms with Gasteiger partial charge in [0.05, 0.1) is 10.5 Å². The number of hydrogen-bond donors (Lipinski definition) is 1. The van der Waals surface area contributed by atoms with Gasteiger partial charge in [0.1, 0.15) is 11.4 Å². The lowest BCUT2D eigenvalue weighted by Gasteiger charge is -2.11. The number of ether oxygens (including phenoxy) is 1. The Kier molecular flexibility index (Phi) is 5.36. The third kappa shape index (κ3) is 3.97. The summed E-state index contributed by atoms with van der Waals surface area (Å²) in [4.78, 5) is 48.1. The number of ketones is 1. The normalized spacial score (nSPS) is 11.2. The Morgan fingerprint density at radius 1 is 1.07 bits per heavy atom. The van der Waals surface area contributed by atoms with E-state index in [-0.39, 0.29) is 16.3 Å². The summed E-state index contributed by atoms with van der Waals surface area (Å²) in [5.41, 5.74) is 3.63. The van der Waals surface area contributed by atoms with Crippen molar-refractivity contribution in [3.8, 4) is 0 Å². The van der Waals surface area contributed by atoms with Gasteiger partial charge in [-0.05, 0) is 24.3 Å². The predicted molar refractivity (Wildman–Crippen MR) is 95.5 cm³/mol. The number of nitrogen functional groups attached to an aromatic ring is 1. The van der Waals surface area contributed by atoms with Crippen LogP contribution in [-0.4, -0.2) is 42.2 Å². The maximum Gasteiger partial charge on any atom is 0.338 e. The van der Waals surface area contributed by atoms with E-state index in [1.165, 1.54) is 38.4 Å². The van der Waals surface area contributed by atoms with E-state index in [2.05, 4.69) is 0 Å². The van der Waals surface area contributed by atoms with Crippen LogP contribution in [0.1, 0.15) is 20.7 Å². The second-order valence-corrected chi connectivity index (χ2v) is 7.78. The van der Waals surface area contributed by atoms with Crippen molar-refractivity contribution in [3.63, 3.8) is 0 Å². The highest BCUT2D eigenvalue weighted by Gasteiger charge is 2.21. The number of carbonyl (C=O) groups is 2. The maximum absolute atomic E-state index is 12.3. The number of anilines is 1. The fraction of sp³-hybridized carbons (Fsp3) is 0.250. The van der Waals surface area contributed by atoms with Gasteiger partial charge in [-0.1, -0.05) is 0 Å². The molecule has 0 amide bonds. The van der Waals surface area contributed by atoms with Crippen molar-refractivity contribution in [1.29, 1.82) is 0 Å². The van der Waals surface area contributed by atoms with Crippen LogP contribution in [0.4, 0.5) is 5.82 Å². The van der Waals surface area contributed by atoms with E-state index in [1.807, 2.05) is 0 Å². The molecule has 0 bridgehead atoms. The molecule has 0 saturated carbocycles. The molecule has 1 aromatic carbocycles. The molecule has 2 rings (SSSR count). The van der Waals surface area contributed by atoms with Gasteiger partial charge in [-0.2, -0.15) is 0 Å². The lowest BCUT2D eigenvalue weighted by Crippen LogP contribution is -2.42. The van der Waals surface area contributed by atoms with Crippen LogP contribution in [0.5, 0.6) is 0 Å². The van der Waals surface area contributed by atoms with Crippen LogP contribution in [0.25, 0.3) is 0 Å². The highest BCUT2D eigenvalue weighted by atomic mass is 32.2. The van der Waals surface area contributed by atoms with Gasteiger partial charge in [0.15, 0.2) is 16.4 Å². The molecule has 0 spiro atoms. The first kappa shape index (κ1) is 20.1. The lowest BCUT2D eigenvalue weighted by molar-refractivity contribution is 0.0474. The first-order valence-corrected chi connectivity index (χ1v) is 9.40. The number of carbonyl (C=O) groups excluding carboxylic acids is 2. The molecular formula is C16H17N3O7S. The molecule has 27 heavy (non-hydrogen) atoms. The number of nitrogens with zero attached hydrogens (tertiary/aromatic N) is 2. The molecule has 0 aliphatic rings. The molecular weight excluding hydrogens is 378 g/mol. The van der Waals surface area contributed by atoms with Gasteiger partial charge in [0.25, 0.3) is 5.56 Å². The summed E-state index contributed by atoms with van der Waals surface area (Å²) in [5, 5.41) is 0. The highest BCUT2D eigenvalue weighted by molar-refractivity contribution is 7.90. The summed E-state index contributed by atoms with van der Waals surface area (Å²) in [6.07, 6.45) is 1.02. The zero-order chi connectivity index (χ0) is 20.5. The van der Waals surface area contributed by atoms with E-state index < -0.39 is 45.0 Å². The summed E-state index contributed by atoms with van der Waals surface area (Å²) < 4.78 is 29.3. The van der Waals surface area contributed by atoms with Gasteiger partial charge < -0.3 is 10.5 Å². The maximum atomic E-state index is 12.3. The van der Waals surface area contributed by atoms with E-state index in [1.54, 1.807) is 0 Å². The SMILES string of the molecule is Cn1c(N)c(C(=O)COC(=O)c2ccc(S(C)(=O)=O)cc2)c(=O)n(C)c1=O. The summed E-state index contributed by atoms with van der Waals surface area (Å²) in [7, 11) is -0.928. The zero-order valence-electron chi connectivity index (χ0n) is 14.8. The van der Waals surface area contributed by atoms with E-state index in [4.69, 9.17) is 10.5 Å². The quantitative estimate of drug-likeness (QED) is 0.506. The first-order valence-electron chi connectivity index (χ1n) is 7.51. The Bertz CT molecular complexity index is 1140. The van der Waals surface area contributed by atoms with Crippen molar-refractivity contribution in [3.05, 3.63) is 56.2 Å². The number of hydrogen-bond acceptors (Lipinski definition) is 8. The third-order valence-corrected chi connectivity index (χ3v) is 4.97. The number of Topliss-reactive ketones (excluding diaryl/α,β-unsaturated/α-hetero) is 1. The monoisotopic (exact) mass is 395 g/mol. The van der Waals surface area contributed by atoms with Crippen molar-refractivity contribution in [2.45, 2.75) is 4.90 Å². The van der Waals surface area contributed by atoms with Gasteiger partial charge in [0.2, 0.25) is 5.78 Å². The summed E-state index contributed by atoms with van der Waals surface area (Å²) in [6.45, 7) is -0.774. The Balaban J connectivity index is 2.20. The van der Waals surface area contributed by atoms with Gasteiger partial charge >= 0.3 is 11.7 Å². The highest BCUT2D eigenvalue weighted by Crippen LogP contribution is 2.12. The standard InChI is InChI=1S/C16H17N3O7S/c1-18-13(17)12(14(21)19(2)16(18)23)11(20)8-26-15(22)9-4-6-10(7-5-9)27(3,24)25/h4-7H,8,17H2,1-3H3. The minimum Gasteiger partial charge on any atom is -0.454 e. The molecule has 0 aliphatic carbocycles. The topological polar surface area (TPSA) is 148 Å². The number of aromatic nitrogens is 2. The molecule has 2 N–H and O–H groups in total. The van der Waals surface area contributed by atoms with Crippen LogP contribution in [0.15, 0.2) is 38.8 Å². The lowest BCUT2D eigenvalue weighted by atomic mass is 10.2. The molecule has 10 nitrogen and oxygen atoms in total. The zero-order valence-corrected chi connectivity index (χ0v) is 15.6. The fourth-order valence-electron chi connectivity index (χ4n) is 2.25. The Labute approximate surface area is 153 Å². The smallest absolute Gasteiger partial charge is 0.338 e. The predicted octanol–water partition coefficient (Wildman–Crippen LogP) is -0.891. The molecule has 144 valence electrons. The van der Waals surface area contributed by atoms with Crippen LogP contribution < -0.4 is 17.0 Å². The molecule has 0 radical (unpaired) electrons. The van der Waals surface area contributed by atoms with Crippen molar-refractivity contribution in [1.82, 2.24) is 9.13 Å². The average Bonchev–Trinajstić information content (AvgIpc) is 2.62. The molecule has 11 heteroatoms. The number of sulfone groups is 1. The van der Waals surface area contributed by atoms with Crippen LogP contribution in [-0.2, 0) is 28.7 Å². The average molecular weight is 395 g/mol. The van der Waals surface area contributed by atoms with Crippen LogP contribution in [0.2, 0.25) is 0 Å². The Hall–Kier alpha value is -3.21. The van der Waals surface area contributed by atoms with Gasteiger partial charge in [-0.3, -0.25) is 18.7 Å². The molecule has 1 aromatic heterocycles. The third-order valence-electron chi connectivity index (χ3n) is 3.84. The number of esters is 1. The van der Waals surface area contributed by atoms with Gasteiger partial charge in [0, 0.05) is 20.4 Å². The van der Waals surface area contributed by atoms with Crippen LogP contribution in [0, 0.1) is 0 Å². The summed E-state index contributed by atoms with van der Waals surface area (Å²) in [6, 6.07) is 4.94. The molecule has 0 saturated heterocycles. The number of nitrogens with two attached hydrogens (primary N) is 1. The Morgan fingerprint density at radius 2 is 1.63 bits per heavy atom. The number of rotatable bonds is 5. The Morgan fingerprint density at radius 3 is 2.15 bits per heavy atom. The molecule has 0 fully saturated rings. The van der Waals surface area contributed by atoms with E-state index >= 15 is 0 Å². The summed E-state index contributed by atoms with van der Waals surface area (Å²) in [5.74, 6) is -2.09. The molecule has 1 heterocycles. The second kappa shape index (κ2) is 7.19.